The first-order valence-electron chi connectivity index (χ1n) is 2.72. The van der Waals surface area contributed by atoms with Crippen LogP contribution in [0.4, 0.5) is 0 Å². The molecule has 0 spiro atoms. The standard InChI is InChI=1S/C4H11BO3/c1-2-3-4(6)5(7)8/h4,6-8H,2-3H2,1H3. The van der Waals surface area contributed by atoms with E-state index in [4.69, 9.17) is 15.2 Å². The number of rotatable bonds is 3. The number of aliphatic hydroxyl groups excluding tert-OH is 1. The minimum absolute atomic E-state index is 0.442. The normalized spacial score (nSPS) is 13.5. The topological polar surface area (TPSA) is 60.7 Å². The van der Waals surface area contributed by atoms with E-state index in [1.54, 1.807) is 0 Å². The second-order valence-electron chi connectivity index (χ2n) is 1.77. The molecule has 0 radical (unpaired) electrons. The maximum absolute atomic E-state index is 8.63. The highest BCUT2D eigenvalue weighted by atomic mass is 16.4. The third-order valence-corrected chi connectivity index (χ3v) is 0.929. The van der Waals surface area contributed by atoms with Gasteiger partial charge in [-0.3, -0.25) is 0 Å². The van der Waals surface area contributed by atoms with Gasteiger partial charge >= 0.3 is 7.12 Å². The quantitative estimate of drug-likeness (QED) is 0.423. The molecule has 0 aliphatic heterocycles. The van der Waals surface area contributed by atoms with Gasteiger partial charge in [0.05, 0.1) is 6.00 Å². The first kappa shape index (κ1) is 7.94. The van der Waals surface area contributed by atoms with Gasteiger partial charge in [-0.2, -0.15) is 0 Å². The zero-order valence-corrected chi connectivity index (χ0v) is 4.91. The molecule has 0 bridgehead atoms. The highest BCUT2D eigenvalue weighted by molar-refractivity contribution is 6.42. The highest BCUT2D eigenvalue weighted by Gasteiger charge is 2.18. The van der Waals surface area contributed by atoms with Crippen molar-refractivity contribution in [2.75, 3.05) is 0 Å². The van der Waals surface area contributed by atoms with Crippen LogP contribution in [0.25, 0.3) is 0 Å². The molecule has 0 amide bonds. The third-order valence-electron chi connectivity index (χ3n) is 0.929. The molecule has 3 N–H and O–H groups in total. The van der Waals surface area contributed by atoms with Crippen LogP contribution in [0.2, 0.25) is 0 Å². The highest BCUT2D eigenvalue weighted by Crippen LogP contribution is 1.95. The molecule has 0 saturated carbocycles. The maximum Gasteiger partial charge on any atom is 0.482 e. The average molecular weight is 118 g/mol. The second kappa shape index (κ2) is 3.89. The monoisotopic (exact) mass is 118 g/mol. The number of hydrogen-bond acceptors (Lipinski definition) is 3. The fourth-order valence-corrected chi connectivity index (χ4v) is 0.445. The molecule has 8 heavy (non-hydrogen) atoms. The van der Waals surface area contributed by atoms with E-state index < -0.39 is 13.1 Å². The smallest absolute Gasteiger partial charge is 0.425 e. The molecule has 0 aliphatic carbocycles. The fourth-order valence-electron chi connectivity index (χ4n) is 0.445. The molecule has 1 unspecified atom stereocenters. The van der Waals surface area contributed by atoms with E-state index in [2.05, 4.69) is 0 Å². The summed E-state index contributed by atoms with van der Waals surface area (Å²) in [5, 5.41) is 25.1. The van der Waals surface area contributed by atoms with E-state index in [0.29, 0.717) is 6.42 Å². The molecule has 3 nitrogen and oxygen atoms in total. The van der Waals surface area contributed by atoms with Crippen LogP contribution < -0.4 is 0 Å². The van der Waals surface area contributed by atoms with E-state index in [1.807, 2.05) is 6.92 Å². The van der Waals surface area contributed by atoms with E-state index in [-0.39, 0.29) is 0 Å². The van der Waals surface area contributed by atoms with Gasteiger partial charge < -0.3 is 15.2 Å². The summed E-state index contributed by atoms with van der Waals surface area (Å²) in [6, 6.07) is -0.972. The van der Waals surface area contributed by atoms with Crippen molar-refractivity contribution in [2.24, 2.45) is 0 Å². The van der Waals surface area contributed by atoms with Gasteiger partial charge in [-0.1, -0.05) is 13.3 Å². The van der Waals surface area contributed by atoms with Crippen LogP contribution in [-0.4, -0.2) is 28.3 Å². The molecule has 1 atom stereocenters. The molecule has 0 aromatic carbocycles. The molecule has 48 valence electrons. The van der Waals surface area contributed by atoms with Crippen LogP contribution in [-0.2, 0) is 0 Å². The Kier molecular flexibility index (Phi) is 3.86. The van der Waals surface area contributed by atoms with Crippen molar-refractivity contribution >= 4 is 7.12 Å². The number of hydrogen-bond donors (Lipinski definition) is 3. The van der Waals surface area contributed by atoms with Crippen LogP contribution in [0.15, 0.2) is 0 Å². The summed E-state index contributed by atoms with van der Waals surface area (Å²) in [6.07, 6.45) is 1.20. The largest absolute Gasteiger partial charge is 0.482 e. The lowest BCUT2D eigenvalue weighted by Crippen LogP contribution is -2.30. The Bertz CT molecular complexity index is 57.2. The predicted octanol–water partition coefficient (Wildman–Crippen LogP) is -0.841. The summed E-state index contributed by atoms with van der Waals surface area (Å²) in [5.41, 5.74) is 0. The van der Waals surface area contributed by atoms with Gasteiger partial charge in [0.15, 0.2) is 0 Å². The summed E-state index contributed by atoms with van der Waals surface area (Å²) in [7, 11) is -1.57. The molecule has 0 aromatic rings. The molecule has 0 aliphatic rings. The Balaban J connectivity index is 3.17. The van der Waals surface area contributed by atoms with E-state index in [9.17, 15) is 0 Å². The number of aliphatic hydroxyl groups is 1. The van der Waals surface area contributed by atoms with Gasteiger partial charge in [0.2, 0.25) is 0 Å². The Labute approximate surface area is 49.1 Å². The molecule has 4 heteroatoms. The lowest BCUT2D eigenvalue weighted by Gasteiger charge is -2.04. The molecule has 0 fully saturated rings. The molecule has 0 rings (SSSR count). The van der Waals surface area contributed by atoms with Gasteiger partial charge in [-0.15, -0.1) is 0 Å². The van der Waals surface area contributed by atoms with Gasteiger partial charge in [0.1, 0.15) is 0 Å². The Morgan fingerprint density at radius 1 is 1.50 bits per heavy atom. The van der Waals surface area contributed by atoms with Crippen molar-refractivity contribution in [3.8, 4) is 0 Å². The second-order valence-corrected chi connectivity index (χ2v) is 1.77. The van der Waals surface area contributed by atoms with Crippen molar-refractivity contribution in [1.82, 2.24) is 0 Å². The third kappa shape index (κ3) is 3.01. The SMILES string of the molecule is CCCC(O)B(O)O. The van der Waals surface area contributed by atoms with Crippen molar-refractivity contribution < 1.29 is 15.2 Å². The molecule has 0 saturated heterocycles. The Morgan fingerprint density at radius 3 is 2.12 bits per heavy atom. The summed E-state index contributed by atoms with van der Waals surface area (Å²) >= 11 is 0. The van der Waals surface area contributed by atoms with Crippen molar-refractivity contribution in [2.45, 2.75) is 25.8 Å². The Hall–Kier alpha value is -0.0551. The van der Waals surface area contributed by atoms with Gasteiger partial charge in [-0.05, 0) is 6.42 Å². The van der Waals surface area contributed by atoms with Crippen molar-refractivity contribution in [1.29, 1.82) is 0 Å². The van der Waals surface area contributed by atoms with E-state index in [0.717, 1.165) is 6.42 Å². The first-order chi connectivity index (χ1) is 3.68. The summed E-state index contributed by atoms with van der Waals surface area (Å²) in [5.74, 6) is 0. The summed E-state index contributed by atoms with van der Waals surface area (Å²) < 4.78 is 0. The maximum atomic E-state index is 8.63. The van der Waals surface area contributed by atoms with Crippen molar-refractivity contribution in [3.05, 3.63) is 0 Å². The van der Waals surface area contributed by atoms with Crippen LogP contribution in [0.1, 0.15) is 19.8 Å². The van der Waals surface area contributed by atoms with Crippen molar-refractivity contribution in [3.63, 3.8) is 0 Å². The minimum atomic E-state index is -1.57. The molecular weight excluding hydrogens is 107 g/mol. The van der Waals surface area contributed by atoms with E-state index in [1.165, 1.54) is 0 Å². The fraction of sp³-hybridized carbons (Fsp3) is 1.00. The molecular formula is C4H11BO3. The van der Waals surface area contributed by atoms with Gasteiger partial charge in [-0.25, -0.2) is 0 Å². The molecule has 0 aromatic heterocycles. The lowest BCUT2D eigenvalue weighted by atomic mass is 9.80. The Morgan fingerprint density at radius 2 is 2.00 bits per heavy atom. The van der Waals surface area contributed by atoms with Gasteiger partial charge in [0.25, 0.3) is 0 Å². The van der Waals surface area contributed by atoms with Gasteiger partial charge in [0, 0.05) is 0 Å². The average Bonchev–Trinajstić information content (AvgIpc) is 1.67. The van der Waals surface area contributed by atoms with Crippen LogP contribution in [0.3, 0.4) is 0 Å². The van der Waals surface area contributed by atoms with Crippen LogP contribution in [0, 0.1) is 0 Å². The molecule has 0 heterocycles. The van der Waals surface area contributed by atoms with E-state index >= 15 is 0 Å². The predicted molar refractivity (Wildman–Crippen MR) is 31.1 cm³/mol. The lowest BCUT2D eigenvalue weighted by molar-refractivity contribution is 0.188. The zero-order valence-electron chi connectivity index (χ0n) is 4.91. The van der Waals surface area contributed by atoms with Crippen LogP contribution in [0.5, 0.6) is 0 Å². The zero-order chi connectivity index (χ0) is 6.57. The summed E-state index contributed by atoms with van der Waals surface area (Å²) in [4.78, 5) is 0. The minimum Gasteiger partial charge on any atom is -0.425 e. The summed E-state index contributed by atoms with van der Waals surface area (Å²) in [6.45, 7) is 1.87. The first-order valence-corrected chi connectivity index (χ1v) is 2.72. The van der Waals surface area contributed by atoms with Crippen LogP contribution >= 0.6 is 0 Å².